The molecular formula is C12H13N2O2Se. The van der Waals surface area contributed by atoms with Crippen LogP contribution in [0.5, 0.6) is 11.5 Å². The fraction of sp³-hybridized carbons (Fsp3) is 0.333. The van der Waals surface area contributed by atoms with Gasteiger partial charge in [-0.3, -0.25) is 0 Å². The number of ether oxygens (including phenoxy) is 2. The van der Waals surface area contributed by atoms with E-state index in [4.69, 9.17) is 9.47 Å². The van der Waals surface area contributed by atoms with Gasteiger partial charge in [-0.2, -0.15) is 0 Å². The van der Waals surface area contributed by atoms with Crippen molar-refractivity contribution in [2.24, 2.45) is 0 Å². The van der Waals surface area contributed by atoms with Crippen molar-refractivity contribution < 1.29 is 9.47 Å². The van der Waals surface area contributed by atoms with Crippen molar-refractivity contribution in [2.45, 2.75) is 13.8 Å². The molecule has 2 rings (SSSR count). The molecule has 17 heavy (non-hydrogen) atoms. The molecule has 0 bridgehead atoms. The van der Waals surface area contributed by atoms with Gasteiger partial charge in [0.25, 0.3) is 0 Å². The molecule has 0 fully saturated rings. The Kier molecular flexibility index (Phi) is 3.82. The SMILES string of the molecule is CCOc1cc2ncnc([Se])c2cc1OCC. The van der Waals surface area contributed by atoms with Gasteiger partial charge in [0.2, 0.25) is 0 Å². The average Bonchev–Trinajstić information content (AvgIpc) is 2.32. The number of hydrogen-bond donors (Lipinski definition) is 0. The molecule has 2 aromatic rings. The first-order valence-corrected chi connectivity index (χ1v) is 6.33. The summed E-state index contributed by atoms with van der Waals surface area (Å²) < 4.78 is 11.9. The number of benzene rings is 1. The van der Waals surface area contributed by atoms with Crippen LogP contribution in [-0.2, 0) is 0 Å². The van der Waals surface area contributed by atoms with Crippen LogP contribution in [0.3, 0.4) is 0 Å². The van der Waals surface area contributed by atoms with E-state index >= 15 is 0 Å². The topological polar surface area (TPSA) is 44.2 Å². The van der Waals surface area contributed by atoms with Crippen LogP contribution in [0.25, 0.3) is 10.9 Å². The molecule has 5 heteroatoms. The van der Waals surface area contributed by atoms with Crippen molar-refractivity contribution in [2.75, 3.05) is 13.2 Å². The third-order valence-corrected chi connectivity index (χ3v) is 2.95. The van der Waals surface area contributed by atoms with Gasteiger partial charge in [0.15, 0.2) is 0 Å². The molecule has 0 aliphatic rings. The van der Waals surface area contributed by atoms with Gasteiger partial charge in [0, 0.05) is 0 Å². The summed E-state index contributed by atoms with van der Waals surface area (Å²) in [5.41, 5.74) is 0.848. The first kappa shape index (κ1) is 12.1. The molecule has 0 unspecified atom stereocenters. The molecule has 89 valence electrons. The third kappa shape index (κ3) is 2.51. The van der Waals surface area contributed by atoms with Crippen LogP contribution in [0.1, 0.15) is 13.8 Å². The van der Waals surface area contributed by atoms with Gasteiger partial charge >= 0.3 is 108 Å². The van der Waals surface area contributed by atoms with E-state index < -0.39 is 0 Å². The molecule has 4 nitrogen and oxygen atoms in total. The average molecular weight is 296 g/mol. The summed E-state index contributed by atoms with van der Waals surface area (Å²) in [6.07, 6.45) is 1.53. The minimum atomic E-state index is 0.599. The van der Waals surface area contributed by atoms with E-state index in [9.17, 15) is 0 Å². The van der Waals surface area contributed by atoms with Gasteiger partial charge in [0.1, 0.15) is 0 Å². The van der Waals surface area contributed by atoms with Gasteiger partial charge in [-0.25, -0.2) is 0 Å². The molecule has 0 saturated carbocycles. The van der Waals surface area contributed by atoms with Crippen molar-refractivity contribution in [1.82, 2.24) is 9.97 Å². The van der Waals surface area contributed by atoms with E-state index in [1.54, 1.807) is 0 Å². The Morgan fingerprint density at radius 3 is 2.35 bits per heavy atom. The Balaban J connectivity index is 2.59. The first-order valence-electron chi connectivity index (χ1n) is 5.47. The molecule has 0 atom stereocenters. The fourth-order valence-corrected chi connectivity index (χ4v) is 2.02. The quantitative estimate of drug-likeness (QED) is 0.796. The predicted octanol–water partition coefficient (Wildman–Crippen LogP) is 1.22. The molecule has 0 aliphatic heterocycles. The van der Waals surface area contributed by atoms with Gasteiger partial charge in [0.05, 0.1) is 0 Å². The van der Waals surface area contributed by atoms with Crippen molar-refractivity contribution in [3.63, 3.8) is 0 Å². The summed E-state index contributed by atoms with van der Waals surface area (Å²) in [5.74, 6) is 1.45. The van der Waals surface area contributed by atoms with Crippen molar-refractivity contribution in [3.8, 4) is 11.5 Å². The Labute approximate surface area is 108 Å². The molecule has 1 aromatic heterocycles. The Hall–Kier alpha value is -1.32. The molecule has 1 radical (unpaired) electrons. The van der Waals surface area contributed by atoms with Crippen LogP contribution in [0.15, 0.2) is 18.5 Å². The Bertz CT molecular complexity index is 531. The molecule has 0 amide bonds. The van der Waals surface area contributed by atoms with Crippen molar-refractivity contribution >= 4 is 31.5 Å². The normalized spacial score (nSPS) is 10.5. The Morgan fingerprint density at radius 2 is 1.71 bits per heavy atom. The van der Waals surface area contributed by atoms with E-state index in [1.165, 1.54) is 6.33 Å². The second-order valence-electron chi connectivity index (χ2n) is 3.36. The molecule has 0 N–H and O–H groups in total. The summed E-state index contributed by atoms with van der Waals surface area (Å²) in [5, 5.41) is 0.944. The molecule has 0 spiro atoms. The van der Waals surface area contributed by atoms with Crippen LogP contribution < -0.4 is 14.1 Å². The minimum absolute atomic E-state index is 0.599. The summed E-state index contributed by atoms with van der Waals surface area (Å²) >= 11 is 2.92. The zero-order chi connectivity index (χ0) is 12.3. The van der Waals surface area contributed by atoms with E-state index in [-0.39, 0.29) is 0 Å². The van der Waals surface area contributed by atoms with Crippen LogP contribution in [0, 0.1) is 0 Å². The number of nitrogens with zero attached hydrogens (tertiary/aromatic N) is 2. The van der Waals surface area contributed by atoms with Crippen LogP contribution in [-0.4, -0.2) is 39.2 Å². The van der Waals surface area contributed by atoms with Gasteiger partial charge < -0.3 is 0 Å². The summed E-state index contributed by atoms with van der Waals surface area (Å²) in [6, 6.07) is 3.79. The van der Waals surface area contributed by atoms with Crippen molar-refractivity contribution in [1.29, 1.82) is 0 Å². The number of rotatable bonds is 4. The standard InChI is InChI=1S/C12H13N2O2Se/c1-3-15-10-5-8-9(6-11(10)16-4-2)13-7-14-12(8)17/h5-7H,3-4H2,1-2H3. The van der Waals surface area contributed by atoms with Crippen LogP contribution >= 0.6 is 0 Å². The summed E-state index contributed by atoms with van der Waals surface area (Å²) in [7, 11) is 0. The van der Waals surface area contributed by atoms with Crippen LogP contribution in [0.2, 0.25) is 0 Å². The van der Waals surface area contributed by atoms with Gasteiger partial charge in [-0.1, -0.05) is 0 Å². The second kappa shape index (κ2) is 5.34. The molecule has 1 aromatic carbocycles. The Morgan fingerprint density at radius 1 is 1.06 bits per heavy atom. The van der Waals surface area contributed by atoms with E-state index in [2.05, 4.69) is 26.0 Å². The zero-order valence-electron chi connectivity index (χ0n) is 9.77. The number of aromatic nitrogens is 2. The summed E-state index contributed by atoms with van der Waals surface area (Å²) in [6.45, 7) is 5.09. The molecule has 1 heterocycles. The number of hydrogen-bond acceptors (Lipinski definition) is 4. The maximum atomic E-state index is 5.56. The first-order chi connectivity index (χ1) is 8.26. The molecule has 0 saturated heterocycles. The number of fused-ring (bicyclic) bond motifs is 1. The van der Waals surface area contributed by atoms with E-state index in [0.717, 1.165) is 27.0 Å². The monoisotopic (exact) mass is 297 g/mol. The molecular weight excluding hydrogens is 283 g/mol. The van der Waals surface area contributed by atoms with Gasteiger partial charge in [-0.05, 0) is 0 Å². The second-order valence-corrected chi connectivity index (χ2v) is 4.17. The molecule has 0 aliphatic carbocycles. The van der Waals surface area contributed by atoms with E-state index in [1.807, 2.05) is 26.0 Å². The zero-order valence-corrected chi connectivity index (χ0v) is 11.5. The summed E-state index contributed by atoms with van der Waals surface area (Å²) in [4.78, 5) is 8.34. The maximum absolute atomic E-state index is 5.56. The van der Waals surface area contributed by atoms with Crippen molar-refractivity contribution in [3.05, 3.63) is 18.5 Å². The van der Waals surface area contributed by atoms with Crippen LogP contribution in [0.4, 0.5) is 0 Å². The fourth-order valence-electron chi connectivity index (χ4n) is 1.58. The van der Waals surface area contributed by atoms with E-state index in [0.29, 0.717) is 13.2 Å². The van der Waals surface area contributed by atoms with Gasteiger partial charge in [-0.15, -0.1) is 0 Å². The third-order valence-electron chi connectivity index (χ3n) is 2.26. The predicted molar refractivity (Wildman–Crippen MR) is 67.3 cm³/mol.